The molecule has 0 bridgehead atoms. The maximum absolute atomic E-state index is 6.06. The van der Waals surface area contributed by atoms with Gasteiger partial charge in [-0.25, -0.2) is 19.6 Å². The van der Waals surface area contributed by atoms with Crippen molar-refractivity contribution in [1.29, 1.82) is 0 Å². The number of thiazole rings is 1. The summed E-state index contributed by atoms with van der Waals surface area (Å²) in [5, 5.41) is 8.69. The van der Waals surface area contributed by atoms with Gasteiger partial charge in [0, 0.05) is 18.5 Å². The van der Waals surface area contributed by atoms with Gasteiger partial charge in [-0.3, -0.25) is 0 Å². The van der Waals surface area contributed by atoms with Gasteiger partial charge in [0.05, 0.1) is 40.5 Å². The molecule has 3 aromatic rings. The molecule has 0 aromatic carbocycles. The minimum Gasteiger partial charge on any atom is -0.370 e. The summed E-state index contributed by atoms with van der Waals surface area (Å²) >= 11 is 1.66. The number of hydrogen-bond acceptors (Lipinski definition) is 7. The lowest BCUT2D eigenvalue weighted by Gasteiger charge is -2.21. The molecule has 7 nitrogen and oxygen atoms in total. The third-order valence-electron chi connectivity index (χ3n) is 4.56. The second-order valence-electron chi connectivity index (χ2n) is 7.69. The number of aryl methyl sites for hydroxylation is 1. The number of rotatable bonds is 4. The molecule has 3 aromatic heterocycles. The van der Waals surface area contributed by atoms with Gasteiger partial charge in [0.15, 0.2) is 5.65 Å². The van der Waals surface area contributed by atoms with Crippen molar-refractivity contribution in [3.05, 3.63) is 28.6 Å². The Labute approximate surface area is 157 Å². The van der Waals surface area contributed by atoms with E-state index in [9.17, 15) is 0 Å². The molecule has 4 rings (SSSR count). The zero-order chi connectivity index (χ0) is 18.3. The summed E-state index contributed by atoms with van der Waals surface area (Å²) in [5.74, 6) is 0.945. The standard InChI is InChI=1S/C18H24N6OS/c1-12-22-13(10-26-12)9-25-14-5-6-23(8-14)16-15-7-21-24(18(2,3)4)17(15)20-11-19-16/h7,10-11,14H,5-6,8-9H2,1-4H3/t14-/m0/s1. The van der Waals surface area contributed by atoms with Crippen LogP contribution >= 0.6 is 11.3 Å². The Morgan fingerprint density at radius 1 is 1.31 bits per heavy atom. The third kappa shape index (κ3) is 3.31. The molecule has 138 valence electrons. The molecular weight excluding hydrogens is 348 g/mol. The third-order valence-corrected chi connectivity index (χ3v) is 5.38. The van der Waals surface area contributed by atoms with Gasteiger partial charge in [0.25, 0.3) is 0 Å². The molecule has 0 radical (unpaired) electrons. The second kappa shape index (κ2) is 6.59. The van der Waals surface area contributed by atoms with Crippen LogP contribution in [0.15, 0.2) is 17.9 Å². The maximum atomic E-state index is 6.06. The highest BCUT2D eigenvalue weighted by Crippen LogP contribution is 2.29. The number of aromatic nitrogens is 5. The average Bonchev–Trinajstić information content (AvgIpc) is 3.31. The van der Waals surface area contributed by atoms with E-state index in [1.807, 2.05) is 17.8 Å². The summed E-state index contributed by atoms with van der Waals surface area (Å²) in [6, 6.07) is 0. The molecule has 0 aliphatic carbocycles. The zero-order valence-electron chi connectivity index (χ0n) is 15.6. The molecule has 1 saturated heterocycles. The Kier molecular flexibility index (Phi) is 4.40. The first-order valence-corrected chi connectivity index (χ1v) is 9.76. The largest absolute Gasteiger partial charge is 0.370 e. The number of anilines is 1. The Morgan fingerprint density at radius 3 is 2.88 bits per heavy atom. The first-order valence-electron chi connectivity index (χ1n) is 8.88. The van der Waals surface area contributed by atoms with Gasteiger partial charge < -0.3 is 9.64 Å². The van der Waals surface area contributed by atoms with Gasteiger partial charge in [-0.1, -0.05) is 0 Å². The molecule has 0 spiro atoms. The van der Waals surface area contributed by atoms with Crippen LogP contribution in [0.2, 0.25) is 0 Å². The summed E-state index contributed by atoms with van der Waals surface area (Å²) in [5.41, 5.74) is 1.78. The molecule has 26 heavy (non-hydrogen) atoms. The van der Waals surface area contributed by atoms with Gasteiger partial charge in [-0.2, -0.15) is 5.10 Å². The minimum atomic E-state index is -0.115. The van der Waals surface area contributed by atoms with Gasteiger partial charge in [-0.05, 0) is 34.1 Å². The smallest absolute Gasteiger partial charge is 0.163 e. The fourth-order valence-corrected chi connectivity index (χ4v) is 3.91. The SMILES string of the molecule is Cc1nc(CO[C@H]2CCN(c3ncnc4c3cnn4C(C)(C)C)C2)cs1. The molecule has 0 N–H and O–H groups in total. The molecule has 1 aliphatic rings. The van der Waals surface area contributed by atoms with Crippen LogP contribution in [0.3, 0.4) is 0 Å². The highest BCUT2D eigenvalue weighted by molar-refractivity contribution is 7.09. The Balaban J connectivity index is 1.49. The van der Waals surface area contributed by atoms with Crippen molar-refractivity contribution in [3.8, 4) is 0 Å². The molecule has 0 amide bonds. The highest BCUT2D eigenvalue weighted by atomic mass is 32.1. The number of nitrogens with zero attached hydrogens (tertiary/aromatic N) is 6. The predicted molar refractivity (Wildman–Crippen MR) is 103 cm³/mol. The predicted octanol–water partition coefficient (Wildman–Crippen LogP) is 3.14. The van der Waals surface area contributed by atoms with Gasteiger partial charge in [0.1, 0.15) is 12.1 Å². The fraction of sp³-hybridized carbons (Fsp3) is 0.556. The Bertz CT molecular complexity index is 912. The molecular formula is C18H24N6OS. The first kappa shape index (κ1) is 17.4. The van der Waals surface area contributed by atoms with Crippen LogP contribution in [0.1, 0.15) is 37.9 Å². The average molecular weight is 372 g/mol. The van der Waals surface area contributed by atoms with E-state index in [0.717, 1.165) is 47.1 Å². The van der Waals surface area contributed by atoms with E-state index in [0.29, 0.717) is 6.61 Å². The topological polar surface area (TPSA) is 69.0 Å². The van der Waals surface area contributed by atoms with Crippen molar-refractivity contribution in [3.63, 3.8) is 0 Å². The van der Waals surface area contributed by atoms with Crippen molar-refractivity contribution in [2.75, 3.05) is 18.0 Å². The molecule has 4 heterocycles. The van der Waals surface area contributed by atoms with E-state index in [4.69, 9.17) is 4.74 Å². The normalized spacial score (nSPS) is 18.2. The van der Waals surface area contributed by atoms with E-state index >= 15 is 0 Å². The zero-order valence-corrected chi connectivity index (χ0v) is 16.5. The van der Waals surface area contributed by atoms with E-state index in [1.165, 1.54) is 0 Å². The van der Waals surface area contributed by atoms with Crippen molar-refractivity contribution < 1.29 is 4.74 Å². The lowest BCUT2D eigenvalue weighted by molar-refractivity contribution is 0.0536. The van der Waals surface area contributed by atoms with Crippen LogP contribution < -0.4 is 4.90 Å². The lowest BCUT2D eigenvalue weighted by Crippen LogP contribution is -2.25. The molecule has 1 aliphatic heterocycles. The highest BCUT2D eigenvalue weighted by Gasteiger charge is 2.27. The van der Waals surface area contributed by atoms with E-state index in [-0.39, 0.29) is 11.6 Å². The maximum Gasteiger partial charge on any atom is 0.163 e. The van der Waals surface area contributed by atoms with Gasteiger partial charge in [0.2, 0.25) is 0 Å². The van der Waals surface area contributed by atoms with E-state index in [1.54, 1.807) is 17.7 Å². The first-order chi connectivity index (χ1) is 12.4. The van der Waals surface area contributed by atoms with E-state index in [2.05, 4.69) is 51.1 Å². The van der Waals surface area contributed by atoms with Crippen LogP contribution in [0.5, 0.6) is 0 Å². The Morgan fingerprint density at radius 2 is 2.15 bits per heavy atom. The molecule has 1 fully saturated rings. The molecule has 0 saturated carbocycles. The second-order valence-corrected chi connectivity index (χ2v) is 8.75. The van der Waals surface area contributed by atoms with E-state index < -0.39 is 0 Å². The van der Waals surface area contributed by atoms with Crippen LogP contribution in [0.25, 0.3) is 11.0 Å². The fourth-order valence-electron chi connectivity index (χ4n) is 3.31. The molecule has 8 heteroatoms. The number of hydrogen-bond donors (Lipinski definition) is 0. The summed E-state index contributed by atoms with van der Waals surface area (Å²) in [6.07, 6.45) is 4.69. The Hall–Kier alpha value is -2.06. The van der Waals surface area contributed by atoms with Crippen LogP contribution in [-0.4, -0.2) is 43.9 Å². The van der Waals surface area contributed by atoms with Gasteiger partial charge >= 0.3 is 0 Å². The molecule has 1 atom stereocenters. The van der Waals surface area contributed by atoms with Crippen LogP contribution in [0, 0.1) is 6.92 Å². The van der Waals surface area contributed by atoms with Gasteiger partial charge in [-0.15, -0.1) is 11.3 Å². The van der Waals surface area contributed by atoms with Crippen LogP contribution in [-0.2, 0) is 16.9 Å². The number of fused-ring (bicyclic) bond motifs is 1. The summed E-state index contributed by atoms with van der Waals surface area (Å²) < 4.78 is 8.02. The molecule has 0 unspecified atom stereocenters. The summed E-state index contributed by atoms with van der Waals surface area (Å²) in [4.78, 5) is 15.7. The monoisotopic (exact) mass is 372 g/mol. The minimum absolute atomic E-state index is 0.115. The van der Waals surface area contributed by atoms with Crippen molar-refractivity contribution >= 4 is 28.2 Å². The number of ether oxygens (including phenoxy) is 1. The summed E-state index contributed by atoms with van der Waals surface area (Å²) in [6.45, 7) is 10.7. The summed E-state index contributed by atoms with van der Waals surface area (Å²) in [7, 11) is 0. The lowest BCUT2D eigenvalue weighted by atomic mass is 10.1. The van der Waals surface area contributed by atoms with Crippen molar-refractivity contribution in [1.82, 2.24) is 24.7 Å². The van der Waals surface area contributed by atoms with Crippen molar-refractivity contribution in [2.45, 2.75) is 52.4 Å². The quantitative estimate of drug-likeness (QED) is 0.701. The van der Waals surface area contributed by atoms with Crippen LogP contribution in [0.4, 0.5) is 5.82 Å². The van der Waals surface area contributed by atoms with Crippen molar-refractivity contribution in [2.24, 2.45) is 0 Å².